The van der Waals surface area contributed by atoms with Gasteiger partial charge in [-0.25, -0.2) is 9.97 Å². The van der Waals surface area contributed by atoms with E-state index in [-0.39, 0.29) is 29.3 Å². The summed E-state index contributed by atoms with van der Waals surface area (Å²) >= 11 is 0. The fourth-order valence-corrected chi connectivity index (χ4v) is 3.02. The van der Waals surface area contributed by atoms with Gasteiger partial charge in [0.05, 0.1) is 20.3 Å². The Morgan fingerprint density at radius 1 is 1.16 bits per heavy atom. The van der Waals surface area contributed by atoms with E-state index in [4.69, 9.17) is 9.47 Å². The molecule has 3 rings (SSSR count). The van der Waals surface area contributed by atoms with Crippen molar-refractivity contribution in [2.24, 2.45) is 0 Å². The van der Waals surface area contributed by atoms with Crippen LogP contribution in [0.5, 0.6) is 11.8 Å². The lowest BCUT2D eigenvalue weighted by atomic mass is 10.1. The Morgan fingerprint density at radius 3 is 2.48 bits per heavy atom. The number of ether oxygens (including phenoxy) is 2. The van der Waals surface area contributed by atoms with Crippen molar-refractivity contribution in [3.05, 3.63) is 53.9 Å². The fraction of sp³-hybridized carbons (Fsp3) is 0.316. The summed E-state index contributed by atoms with van der Waals surface area (Å²) in [4.78, 5) is 23.0. The largest absolute Gasteiger partial charge is 0.480 e. The number of amides is 1. The molecule has 1 atom stereocenters. The Kier molecular flexibility index (Phi) is 5.28. The van der Waals surface area contributed by atoms with Crippen LogP contribution in [0.1, 0.15) is 28.8 Å². The van der Waals surface area contributed by atoms with Crippen LogP contribution in [0.25, 0.3) is 6.08 Å². The van der Waals surface area contributed by atoms with Gasteiger partial charge in [-0.15, -0.1) is 0 Å². The first-order valence-corrected chi connectivity index (χ1v) is 8.21. The van der Waals surface area contributed by atoms with Crippen LogP contribution in [0, 0.1) is 0 Å². The molecule has 1 fully saturated rings. The van der Waals surface area contributed by atoms with Gasteiger partial charge in [0, 0.05) is 6.54 Å². The van der Waals surface area contributed by atoms with Gasteiger partial charge in [0.25, 0.3) is 5.91 Å². The van der Waals surface area contributed by atoms with Gasteiger partial charge >= 0.3 is 0 Å². The van der Waals surface area contributed by atoms with E-state index in [0.717, 1.165) is 18.4 Å². The molecule has 1 amide bonds. The van der Waals surface area contributed by atoms with Crippen molar-refractivity contribution in [2.75, 3.05) is 20.8 Å². The number of hydrogen-bond acceptors (Lipinski definition) is 5. The Morgan fingerprint density at radius 2 is 1.84 bits per heavy atom. The zero-order valence-corrected chi connectivity index (χ0v) is 14.4. The zero-order valence-electron chi connectivity index (χ0n) is 14.4. The third-order valence-corrected chi connectivity index (χ3v) is 4.25. The Labute approximate surface area is 147 Å². The van der Waals surface area contributed by atoms with Gasteiger partial charge in [0.15, 0.2) is 5.56 Å². The normalized spacial score (nSPS) is 17.0. The molecule has 1 saturated heterocycles. The number of carbonyl (C=O) groups is 1. The topological polar surface area (TPSA) is 64.6 Å². The molecule has 1 aromatic carbocycles. The summed E-state index contributed by atoms with van der Waals surface area (Å²) in [7, 11) is 2.96. The first kappa shape index (κ1) is 17.0. The molecule has 0 radical (unpaired) electrons. The molecule has 2 heterocycles. The van der Waals surface area contributed by atoms with Crippen molar-refractivity contribution in [1.29, 1.82) is 0 Å². The summed E-state index contributed by atoms with van der Waals surface area (Å²) in [5.41, 5.74) is 1.38. The van der Waals surface area contributed by atoms with Gasteiger partial charge in [-0.3, -0.25) is 4.79 Å². The van der Waals surface area contributed by atoms with Gasteiger partial charge in [-0.1, -0.05) is 42.5 Å². The van der Waals surface area contributed by atoms with E-state index in [0.29, 0.717) is 6.54 Å². The predicted molar refractivity (Wildman–Crippen MR) is 94.7 cm³/mol. The number of rotatable bonds is 5. The monoisotopic (exact) mass is 339 g/mol. The molecule has 2 aromatic rings. The molecule has 6 heteroatoms. The third kappa shape index (κ3) is 3.63. The summed E-state index contributed by atoms with van der Waals surface area (Å²) in [6.45, 7) is 0.684. The maximum Gasteiger partial charge on any atom is 0.265 e. The molecule has 25 heavy (non-hydrogen) atoms. The highest BCUT2D eigenvalue weighted by atomic mass is 16.5. The maximum atomic E-state index is 13.1. The molecule has 0 spiro atoms. The van der Waals surface area contributed by atoms with Crippen LogP contribution in [0.15, 0.2) is 42.7 Å². The van der Waals surface area contributed by atoms with E-state index < -0.39 is 0 Å². The van der Waals surface area contributed by atoms with Crippen molar-refractivity contribution in [3.63, 3.8) is 0 Å². The summed E-state index contributed by atoms with van der Waals surface area (Å²) in [5, 5.41) is 0. The van der Waals surface area contributed by atoms with Crippen LogP contribution in [0.2, 0.25) is 0 Å². The molecule has 0 saturated carbocycles. The second kappa shape index (κ2) is 7.79. The second-order valence-corrected chi connectivity index (χ2v) is 5.75. The minimum Gasteiger partial charge on any atom is -0.480 e. The number of hydrogen-bond donors (Lipinski definition) is 0. The standard InChI is InChI=1S/C19H21N3O3/c1-24-17-16(18(25-2)21-13-20-17)19(23)22-12-6-9-15(22)11-10-14-7-4-3-5-8-14/h3-5,7-8,10-11,13,15H,6,9,12H2,1-2H3/b11-10+. The molecule has 6 nitrogen and oxygen atoms in total. The lowest BCUT2D eigenvalue weighted by Crippen LogP contribution is -2.35. The summed E-state index contributed by atoms with van der Waals surface area (Å²) in [6.07, 6.45) is 7.32. The van der Waals surface area contributed by atoms with Crippen LogP contribution in [-0.4, -0.2) is 47.6 Å². The first-order chi connectivity index (χ1) is 12.2. The Balaban J connectivity index is 1.85. The van der Waals surface area contributed by atoms with Crippen LogP contribution < -0.4 is 9.47 Å². The van der Waals surface area contributed by atoms with Crippen molar-refractivity contribution < 1.29 is 14.3 Å². The predicted octanol–water partition coefficient (Wildman–Crippen LogP) is 2.81. The zero-order chi connectivity index (χ0) is 17.6. The minimum absolute atomic E-state index is 0.0299. The van der Waals surface area contributed by atoms with Gasteiger partial charge in [0.2, 0.25) is 11.8 Å². The molecule has 1 aromatic heterocycles. The molecule has 0 N–H and O–H groups in total. The molecule has 1 aliphatic rings. The molecule has 0 bridgehead atoms. The van der Waals surface area contributed by atoms with E-state index >= 15 is 0 Å². The van der Waals surface area contributed by atoms with Crippen molar-refractivity contribution in [3.8, 4) is 11.8 Å². The molecular formula is C19H21N3O3. The minimum atomic E-state index is -0.172. The summed E-state index contributed by atoms with van der Waals surface area (Å²) < 4.78 is 10.5. The summed E-state index contributed by atoms with van der Waals surface area (Å²) in [5.74, 6) is 0.290. The number of benzene rings is 1. The van der Waals surface area contributed by atoms with Crippen LogP contribution in [0.3, 0.4) is 0 Å². The van der Waals surface area contributed by atoms with Crippen molar-refractivity contribution in [2.45, 2.75) is 18.9 Å². The highest BCUT2D eigenvalue weighted by molar-refractivity contribution is 5.99. The molecule has 0 aliphatic carbocycles. The van der Waals surface area contributed by atoms with E-state index in [1.54, 1.807) is 0 Å². The highest BCUT2D eigenvalue weighted by Crippen LogP contribution is 2.29. The number of nitrogens with zero attached hydrogens (tertiary/aromatic N) is 3. The first-order valence-electron chi connectivity index (χ1n) is 8.21. The fourth-order valence-electron chi connectivity index (χ4n) is 3.02. The quantitative estimate of drug-likeness (QED) is 0.838. The number of aromatic nitrogens is 2. The van der Waals surface area contributed by atoms with E-state index in [9.17, 15) is 4.79 Å². The Bertz CT molecular complexity index is 740. The van der Waals surface area contributed by atoms with E-state index in [2.05, 4.69) is 16.0 Å². The van der Waals surface area contributed by atoms with E-state index in [1.807, 2.05) is 41.3 Å². The highest BCUT2D eigenvalue weighted by Gasteiger charge is 2.32. The lowest BCUT2D eigenvalue weighted by Gasteiger charge is -2.23. The lowest BCUT2D eigenvalue weighted by molar-refractivity contribution is 0.0753. The van der Waals surface area contributed by atoms with Crippen LogP contribution >= 0.6 is 0 Å². The van der Waals surface area contributed by atoms with Crippen molar-refractivity contribution in [1.82, 2.24) is 14.9 Å². The summed E-state index contributed by atoms with van der Waals surface area (Å²) in [6, 6.07) is 10.1. The van der Waals surface area contributed by atoms with Crippen LogP contribution in [0.4, 0.5) is 0 Å². The molecule has 1 aliphatic heterocycles. The van der Waals surface area contributed by atoms with Gasteiger partial charge < -0.3 is 14.4 Å². The average Bonchev–Trinajstić information content (AvgIpc) is 3.14. The SMILES string of the molecule is COc1ncnc(OC)c1C(=O)N1CCCC1/C=C/c1ccccc1. The van der Waals surface area contributed by atoms with Gasteiger partial charge in [-0.2, -0.15) is 0 Å². The van der Waals surface area contributed by atoms with Gasteiger partial charge in [-0.05, 0) is 18.4 Å². The maximum absolute atomic E-state index is 13.1. The number of carbonyl (C=O) groups excluding carboxylic acids is 1. The number of likely N-dealkylation sites (tertiary alicyclic amines) is 1. The smallest absolute Gasteiger partial charge is 0.265 e. The Hall–Kier alpha value is -2.89. The molecule has 130 valence electrons. The number of methoxy groups -OCH3 is 2. The van der Waals surface area contributed by atoms with Crippen molar-refractivity contribution >= 4 is 12.0 Å². The second-order valence-electron chi connectivity index (χ2n) is 5.75. The third-order valence-electron chi connectivity index (χ3n) is 4.25. The van der Waals surface area contributed by atoms with Crippen LogP contribution in [-0.2, 0) is 0 Å². The van der Waals surface area contributed by atoms with Gasteiger partial charge in [0.1, 0.15) is 6.33 Å². The molecule has 1 unspecified atom stereocenters. The van der Waals surface area contributed by atoms with E-state index in [1.165, 1.54) is 20.5 Å². The average molecular weight is 339 g/mol. The molecular weight excluding hydrogens is 318 g/mol.